The standard InChI is InChI=1S/C26H39NO10/c1-15(2)12-33-25(30)36-21-9-8-19(11-22(21)37-26(31)34-13-16(3)4)10-20(27)24(29)32-14-18(7)35-23(28)17(5)6/h8-9,11,15-18,20H,10,12-14,27H2,1-7H3/t18-,20-/m0/s1. The van der Waals surface area contributed by atoms with E-state index in [2.05, 4.69) is 0 Å². The molecule has 0 aromatic heterocycles. The Balaban J connectivity index is 2.88. The predicted molar refractivity (Wildman–Crippen MR) is 133 cm³/mol. The summed E-state index contributed by atoms with van der Waals surface area (Å²) in [7, 11) is 0. The van der Waals surface area contributed by atoms with E-state index in [9.17, 15) is 19.2 Å². The van der Waals surface area contributed by atoms with Crippen molar-refractivity contribution in [1.29, 1.82) is 0 Å². The van der Waals surface area contributed by atoms with E-state index in [-0.39, 0.29) is 55.5 Å². The van der Waals surface area contributed by atoms with E-state index in [1.165, 1.54) is 12.1 Å². The fourth-order valence-electron chi connectivity index (χ4n) is 2.56. The average molecular weight is 526 g/mol. The highest BCUT2D eigenvalue weighted by Crippen LogP contribution is 2.30. The smallest absolute Gasteiger partial charge is 0.461 e. The molecule has 0 saturated heterocycles. The number of ether oxygens (including phenoxy) is 6. The van der Waals surface area contributed by atoms with Crippen LogP contribution in [0, 0.1) is 17.8 Å². The lowest BCUT2D eigenvalue weighted by Crippen LogP contribution is -2.36. The molecule has 0 aliphatic carbocycles. The van der Waals surface area contributed by atoms with Gasteiger partial charge in [-0.2, -0.15) is 0 Å². The molecule has 2 N–H and O–H groups in total. The number of esters is 2. The van der Waals surface area contributed by atoms with Crippen molar-refractivity contribution in [3.05, 3.63) is 23.8 Å². The monoisotopic (exact) mass is 525 g/mol. The van der Waals surface area contributed by atoms with Crippen molar-refractivity contribution in [2.45, 2.75) is 67.0 Å². The molecular formula is C26H39NO10. The van der Waals surface area contributed by atoms with Gasteiger partial charge in [0.2, 0.25) is 0 Å². The van der Waals surface area contributed by atoms with Crippen molar-refractivity contribution >= 4 is 24.2 Å². The lowest BCUT2D eigenvalue weighted by molar-refractivity contribution is -0.161. The van der Waals surface area contributed by atoms with E-state index in [1.54, 1.807) is 26.8 Å². The first-order chi connectivity index (χ1) is 17.3. The average Bonchev–Trinajstić information content (AvgIpc) is 2.81. The van der Waals surface area contributed by atoms with Crippen LogP contribution in [-0.2, 0) is 35.0 Å². The van der Waals surface area contributed by atoms with Crippen LogP contribution in [0.15, 0.2) is 18.2 Å². The molecule has 11 heteroatoms. The number of benzene rings is 1. The molecule has 1 aromatic carbocycles. The Bertz CT molecular complexity index is 913. The maximum Gasteiger partial charge on any atom is 0.513 e. The number of carbonyl (C=O) groups is 4. The zero-order valence-electron chi connectivity index (χ0n) is 22.6. The summed E-state index contributed by atoms with van der Waals surface area (Å²) < 4.78 is 30.8. The summed E-state index contributed by atoms with van der Waals surface area (Å²) in [5.74, 6) is -1.40. The molecule has 0 spiro atoms. The molecule has 11 nitrogen and oxygen atoms in total. The van der Waals surface area contributed by atoms with Gasteiger partial charge in [-0.25, -0.2) is 9.59 Å². The molecule has 0 unspecified atom stereocenters. The highest BCUT2D eigenvalue weighted by Gasteiger charge is 2.22. The predicted octanol–water partition coefficient (Wildman–Crippen LogP) is 4.03. The summed E-state index contributed by atoms with van der Waals surface area (Å²) in [6.45, 7) is 12.6. The maximum atomic E-state index is 12.3. The first-order valence-electron chi connectivity index (χ1n) is 12.2. The van der Waals surface area contributed by atoms with Crippen LogP contribution >= 0.6 is 0 Å². The van der Waals surface area contributed by atoms with Gasteiger partial charge in [0.1, 0.15) is 18.8 Å². The van der Waals surface area contributed by atoms with Crippen LogP contribution in [0.4, 0.5) is 9.59 Å². The van der Waals surface area contributed by atoms with Gasteiger partial charge in [-0.15, -0.1) is 0 Å². The van der Waals surface area contributed by atoms with Crippen molar-refractivity contribution < 1.29 is 47.6 Å². The molecule has 0 amide bonds. The van der Waals surface area contributed by atoms with E-state index in [0.717, 1.165) is 0 Å². The highest BCUT2D eigenvalue weighted by molar-refractivity contribution is 5.76. The normalized spacial score (nSPS) is 12.6. The minimum absolute atomic E-state index is 0.0223. The van der Waals surface area contributed by atoms with Gasteiger partial charge in [0.25, 0.3) is 0 Å². The molecular weight excluding hydrogens is 486 g/mol. The third-order valence-corrected chi connectivity index (χ3v) is 4.47. The number of nitrogens with two attached hydrogens (primary N) is 1. The molecule has 1 rings (SSSR count). The van der Waals surface area contributed by atoms with Crippen LogP contribution in [0.3, 0.4) is 0 Å². The van der Waals surface area contributed by atoms with Crippen molar-refractivity contribution in [3.63, 3.8) is 0 Å². The van der Waals surface area contributed by atoms with E-state index in [1.807, 2.05) is 27.7 Å². The van der Waals surface area contributed by atoms with Gasteiger partial charge in [-0.05, 0) is 42.9 Å². The SMILES string of the molecule is CC(C)COC(=O)Oc1ccc(C[C@H](N)C(=O)OC[C@H](C)OC(=O)C(C)C)cc1OC(=O)OCC(C)C. The highest BCUT2D eigenvalue weighted by atomic mass is 16.7. The van der Waals surface area contributed by atoms with Gasteiger partial charge in [0, 0.05) is 0 Å². The van der Waals surface area contributed by atoms with Gasteiger partial charge >= 0.3 is 24.2 Å². The Hall–Kier alpha value is -3.34. The van der Waals surface area contributed by atoms with Crippen molar-refractivity contribution in [1.82, 2.24) is 0 Å². The van der Waals surface area contributed by atoms with Crippen molar-refractivity contribution in [3.8, 4) is 11.5 Å². The summed E-state index contributed by atoms with van der Waals surface area (Å²) in [5, 5.41) is 0. The molecule has 0 radical (unpaired) electrons. The molecule has 0 saturated carbocycles. The van der Waals surface area contributed by atoms with Crippen LogP contribution in [0.2, 0.25) is 0 Å². The summed E-state index contributed by atoms with van der Waals surface area (Å²) in [6, 6.07) is 3.29. The molecule has 208 valence electrons. The lowest BCUT2D eigenvalue weighted by Gasteiger charge is -2.17. The Morgan fingerprint density at radius 3 is 1.78 bits per heavy atom. The van der Waals surface area contributed by atoms with Crippen LogP contribution in [0.25, 0.3) is 0 Å². The van der Waals surface area contributed by atoms with Gasteiger partial charge in [-0.1, -0.05) is 47.6 Å². The Morgan fingerprint density at radius 2 is 1.27 bits per heavy atom. The van der Waals surface area contributed by atoms with Gasteiger partial charge in [0.05, 0.1) is 19.1 Å². The maximum absolute atomic E-state index is 12.3. The van der Waals surface area contributed by atoms with Gasteiger partial charge < -0.3 is 34.2 Å². The summed E-state index contributed by atoms with van der Waals surface area (Å²) >= 11 is 0. The van der Waals surface area contributed by atoms with Gasteiger partial charge in [0.15, 0.2) is 11.5 Å². The van der Waals surface area contributed by atoms with Gasteiger partial charge in [-0.3, -0.25) is 9.59 Å². The van der Waals surface area contributed by atoms with Crippen LogP contribution < -0.4 is 15.2 Å². The first kappa shape index (κ1) is 31.7. The number of rotatable bonds is 13. The van der Waals surface area contributed by atoms with Crippen LogP contribution in [0.1, 0.15) is 54.0 Å². The molecule has 0 aliphatic rings. The fourth-order valence-corrected chi connectivity index (χ4v) is 2.56. The summed E-state index contributed by atoms with van der Waals surface area (Å²) in [5.41, 5.74) is 6.48. The molecule has 0 bridgehead atoms. The fraction of sp³-hybridized carbons (Fsp3) is 0.615. The molecule has 0 fully saturated rings. The second-order valence-corrected chi connectivity index (χ2v) is 9.74. The Kier molecular flexibility index (Phi) is 13.4. The molecule has 2 atom stereocenters. The third kappa shape index (κ3) is 13.0. The van der Waals surface area contributed by atoms with Crippen molar-refractivity contribution in [2.75, 3.05) is 19.8 Å². The van der Waals surface area contributed by atoms with Crippen molar-refractivity contribution in [2.24, 2.45) is 23.5 Å². The largest absolute Gasteiger partial charge is 0.513 e. The quantitative estimate of drug-likeness (QED) is 0.226. The Morgan fingerprint density at radius 1 is 0.730 bits per heavy atom. The van der Waals surface area contributed by atoms with E-state index >= 15 is 0 Å². The lowest BCUT2D eigenvalue weighted by atomic mass is 10.1. The molecule has 0 aliphatic heterocycles. The first-order valence-corrected chi connectivity index (χ1v) is 12.2. The Labute approximate surface area is 217 Å². The van der Waals surface area contributed by atoms with E-state index < -0.39 is 36.4 Å². The molecule has 37 heavy (non-hydrogen) atoms. The molecule has 0 heterocycles. The zero-order chi connectivity index (χ0) is 28.1. The second-order valence-electron chi connectivity index (χ2n) is 9.74. The minimum Gasteiger partial charge on any atom is -0.461 e. The second kappa shape index (κ2) is 15.7. The molecule has 1 aromatic rings. The number of hydrogen-bond donors (Lipinski definition) is 1. The van der Waals surface area contributed by atoms with E-state index in [4.69, 9.17) is 34.2 Å². The summed E-state index contributed by atoms with van der Waals surface area (Å²) in [4.78, 5) is 48.1. The third-order valence-electron chi connectivity index (χ3n) is 4.47. The van der Waals surface area contributed by atoms with E-state index in [0.29, 0.717) is 5.56 Å². The van der Waals surface area contributed by atoms with Crippen LogP contribution in [-0.4, -0.2) is 56.2 Å². The summed E-state index contributed by atoms with van der Waals surface area (Å²) in [6.07, 6.45) is -2.56. The topological polar surface area (TPSA) is 150 Å². The number of hydrogen-bond acceptors (Lipinski definition) is 11. The number of carbonyl (C=O) groups excluding carboxylic acids is 4. The van der Waals surface area contributed by atoms with Crippen LogP contribution in [0.5, 0.6) is 11.5 Å². The zero-order valence-corrected chi connectivity index (χ0v) is 22.6. The minimum atomic E-state index is -1.06.